The molecule has 0 unspecified atom stereocenters. The molecule has 2 aromatic heterocycles. The molecule has 22 heavy (non-hydrogen) atoms. The summed E-state index contributed by atoms with van der Waals surface area (Å²) in [6.45, 7) is 2.10. The van der Waals surface area contributed by atoms with Gasteiger partial charge in [-0.3, -0.25) is 19.6 Å². The molecule has 5 nitrogen and oxygen atoms in total. The lowest BCUT2D eigenvalue weighted by molar-refractivity contribution is -0.143. The van der Waals surface area contributed by atoms with Crippen LogP contribution < -0.4 is 0 Å². The van der Waals surface area contributed by atoms with Gasteiger partial charge in [-0.2, -0.15) is 0 Å². The van der Waals surface area contributed by atoms with Gasteiger partial charge in [0.2, 0.25) is 0 Å². The molecule has 0 aliphatic carbocycles. The number of ether oxygens (including phenoxy) is 1. The van der Waals surface area contributed by atoms with Crippen molar-refractivity contribution in [2.24, 2.45) is 0 Å². The maximum Gasteiger partial charge on any atom is 0.305 e. The summed E-state index contributed by atoms with van der Waals surface area (Å²) in [5, 5.41) is 0. The summed E-state index contributed by atoms with van der Waals surface area (Å²) in [6, 6.07) is 8.85. The first-order valence-corrected chi connectivity index (χ1v) is 7.23. The predicted octanol–water partition coefficient (Wildman–Crippen LogP) is 2.79. The van der Waals surface area contributed by atoms with Crippen molar-refractivity contribution in [1.29, 1.82) is 0 Å². The molecule has 2 heterocycles. The number of esters is 1. The van der Waals surface area contributed by atoms with Crippen LogP contribution in [0.25, 0.3) is 0 Å². The van der Waals surface area contributed by atoms with Gasteiger partial charge < -0.3 is 4.74 Å². The minimum Gasteiger partial charge on any atom is -0.466 e. The molecule has 2 aromatic rings. The summed E-state index contributed by atoms with van der Waals surface area (Å²) in [5.74, 6) is -0.867. The zero-order valence-electron chi connectivity index (χ0n) is 12.4. The van der Waals surface area contributed by atoms with Gasteiger partial charge in [0.05, 0.1) is 18.2 Å². The highest BCUT2D eigenvalue weighted by atomic mass is 16.5. The van der Waals surface area contributed by atoms with E-state index < -0.39 is 5.92 Å². The first kappa shape index (κ1) is 15.8. The normalized spacial score (nSPS) is 11.7. The molecule has 0 radical (unpaired) electrons. The first-order chi connectivity index (χ1) is 10.7. The molecular formula is C17H18N2O3. The maximum atomic E-state index is 12.7. The Labute approximate surface area is 129 Å². The summed E-state index contributed by atoms with van der Waals surface area (Å²) >= 11 is 0. The van der Waals surface area contributed by atoms with Crippen molar-refractivity contribution >= 4 is 11.8 Å². The average molecular weight is 298 g/mol. The number of hydrogen-bond acceptors (Lipinski definition) is 5. The Morgan fingerprint density at radius 2 is 2.05 bits per heavy atom. The molecule has 114 valence electrons. The second-order valence-electron chi connectivity index (χ2n) is 4.76. The van der Waals surface area contributed by atoms with Crippen molar-refractivity contribution in [1.82, 2.24) is 9.97 Å². The highest BCUT2D eigenvalue weighted by molar-refractivity contribution is 6.00. The van der Waals surface area contributed by atoms with Crippen molar-refractivity contribution in [3.63, 3.8) is 0 Å². The van der Waals surface area contributed by atoms with E-state index in [9.17, 15) is 9.59 Å². The number of aromatic nitrogens is 2. The van der Waals surface area contributed by atoms with E-state index >= 15 is 0 Å². The molecular weight excluding hydrogens is 280 g/mol. The zero-order chi connectivity index (χ0) is 15.8. The molecule has 2 rings (SSSR count). The Morgan fingerprint density at radius 3 is 2.68 bits per heavy atom. The third-order valence-corrected chi connectivity index (χ3v) is 3.25. The number of pyridine rings is 2. The second-order valence-corrected chi connectivity index (χ2v) is 4.76. The van der Waals surface area contributed by atoms with Crippen LogP contribution in [0.1, 0.15) is 41.7 Å². The molecule has 0 amide bonds. The number of carbonyl (C=O) groups excluding carboxylic acids is 2. The van der Waals surface area contributed by atoms with Crippen LogP contribution >= 0.6 is 0 Å². The topological polar surface area (TPSA) is 69.2 Å². The number of Topliss-reactive ketones (excluding diaryl/α,β-unsaturated/α-hetero) is 1. The summed E-state index contributed by atoms with van der Waals surface area (Å²) in [5.41, 5.74) is 1.17. The number of nitrogens with zero attached hydrogens (tertiary/aromatic N) is 2. The Morgan fingerprint density at radius 1 is 1.18 bits per heavy atom. The van der Waals surface area contributed by atoms with Crippen molar-refractivity contribution in [3.8, 4) is 0 Å². The Bertz CT molecular complexity index is 614. The van der Waals surface area contributed by atoms with E-state index in [1.54, 1.807) is 43.6 Å². The molecule has 0 aliphatic heterocycles. The van der Waals surface area contributed by atoms with Gasteiger partial charge >= 0.3 is 5.97 Å². The zero-order valence-corrected chi connectivity index (χ0v) is 12.4. The van der Waals surface area contributed by atoms with Crippen molar-refractivity contribution < 1.29 is 14.3 Å². The SMILES string of the molecule is CCOC(=O)CC[C@@H](C(=O)c1cccnc1)c1ccccn1. The van der Waals surface area contributed by atoms with E-state index in [1.165, 1.54) is 6.20 Å². The minimum absolute atomic E-state index is 0.0869. The highest BCUT2D eigenvalue weighted by Gasteiger charge is 2.24. The molecule has 0 N–H and O–H groups in total. The van der Waals surface area contributed by atoms with Gasteiger partial charge in [0.15, 0.2) is 5.78 Å². The van der Waals surface area contributed by atoms with Gasteiger partial charge in [0, 0.05) is 30.6 Å². The minimum atomic E-state index is -0.477. The summed E-state index contributed by atoms with van der Waals surface area (Å²) in [7, 11) is 0. The highest BCUT2D eigenvalue weighted by Crippen LogP contribution is 2.24. The van der Waals surface area contributed by atoms with Crippen LogP contribution in [0.4, 0.5) is 0 Å². The molecule has 0 aromatic carbocycles. The van der Waals surface area contributed by atoms with Crippen LogP contribution in [-0.2, 0) is 9.53 Å². The molecule has 1 atom stereocenters. The van der Waals surface area contributed by atoms with Crippen LogP contribution in [0, 0.1) is 0 Å². The lowest BCUT2D eigenvalue weighted by Crippen LogP contribution is -2.17. The van der Waals surface area contributed by atoms with Crippen LogP contribution in [0.5, 0.6) is 0 Å². The molecule has 5 heteroatoms. The fourth-order valence-electron chi connectivity index (χ4n) is 2.20. The standard InChI is InChI=1S/C17H18N2O3/c1-2-22-16(20)9-8-14(15-7-3-4-11-19-15)17(21)13-6-5-10-18-12-13/h3-7,10-12,14H,2,8-9H2,1H3/t14-/m1/s1. The van der Waals surface area contributed by atoms with Gasteiger partial charge in [0.25, 0.3) is 0 Å². The van der Waals surface area contributed by atoms with Gasteiger partial charge in [-0.05, 0) is 37.6 Å². The number of hydrogen-bond donors (Lipinski definition) is 0. The molecule has 0 saturated carbocycles. The van der Waals surface area contributed by atoms with Gasteiger partial charge in [-0.25, -0.2) is 0 Å². The number of rotatable bonds is 7. The molecule has 0 saturated heterocycles. The summed E-state index contributed by atoms with van der Waals surface area (Å²) in [4.78, 5) is 32.5. The predicted molar refractivity (Wildman–Crippen MR) is 81.4 cm³/mol. The largest absolute Gasteiger partial charge is 0.466 e. The third-order valence-electron chi connectivity index (χ3n) is 3.25. The monoisotopic (exact) mass is 298 g/mol. The van der Waals surface area contributed by atoms with E-state index in [4.69, 9.17) is 4.74 Å². The van der Waals surface area contributed by atoms with E-state index in [2.05, 4.69) is 9.97 Å². The lowest BCUT2D eigenvalue weighted by Gasteiger charge is -2.15. The molecule has 0 bridgehead atoms. The van der Waals surface area contributed by atoms with E-state index in [0.29, 0.717) is 24.3 Å². The fourth-order valence-corrected chi connectivity index (χ4v) is 2.20. The first-order valence-electron chi connectivity index (χ1n) is 7.23. The number of carbonyl (C=O) groups is 2. The number of ketones is 1. The Kier molecular flexibility index (Phi) is 5.77. The lowest BCUT2D eigenvalue weighted by atomic mass is 9.90. The average Bonchev–Trinajstić information content (AvgIpc) is 2.57. The Hall–Kier alpha value is -2.56. The molecule has 0 spiro atoms. The smallest absolute Gasteiger partial charge is 0.305 e. The Balaban J connectivity index is 2.19. The van der Waals surface area contributed by atoms with E-state index in [-0.39, 0.29) is 18.2 Å². The molecule has 0 aliphatic rings. The van der Waals surface area contributed by atoms with Crippen molar-refractivity contribution in [2.45, 2.75) is 25.7 Å². The molecule has 0 fully saturated rings. The van der Waals surface area contributed by atoms with Crippen LogP contribution in [0.3, 0.4) is 0 Å². The fraction of sp³-hybridized carbons (Fsp3) is 0.294. The van der Waals surface area contributed by atoms with E-state index in [1.807, 2.05) is 6.07 Å². The third kappa shape index (κ3) is 4.22. The maximum absolute atomic E-state index is 12.7. The van der Waals surface area contributed by atoms with E-state index in [0.717, 1.165) is 0 Å². The second kappa shape index (κ2) is 8.02. The van der Waals surface area contributed by atoms with Gasteiger partial charge in [0.1, 0.15) is 0 Å². The van der Waals surface area contributed by atoms with Crippen molar-refractivity contribution in [2.75, 3.05) is 6.61 Å². The summed E-state index contributed by atoms with van der Waals surface area (Å²) in [6.07, 6.45) is 5.34. The van der Waals surface area contributed by atoms with Crippen LogP contribution in [0.2, 0.25) is 0 Å². The van der Waals surface area contributed by atoms with Gasteiger partial charge in [-0.15, -0.1) is 0 Å². The quantitative estimate of drug-likeness (QED) is 0.580. The van der Waals surface area contributed by atoms with Crippen molar-refractivity contribution in [3.05, 3.63) is 60.2 Å². The van der Waals surface area contributed by atoms with Gasteiger partial charge in [-0.1, -0.05) is 6.07 Å². The van der Waals surface area contributed by atoms with Crippen LogP contribution in [-0.4, -0.2) is 28.3 Å². The van der Waals surface area contributed by atoms with Crippen LogP contribution in [0.15, 0.2) is 48.9 Å². The summed E-state index contributed by atoms with van der Waals surface area (Å²) < 4.78 is 4.93.